The molecule has 0 radical (unpaired) electrons. The summed E-state index contributed by atoms with van der Waals surface area (Å²) in [6, 6.07) is 14.3. The van der Waals surface area contributed by atoms with Gasteiger partial charge in [0.25, 0.3) is 0 Å². The van der Waals surface area contributed by atoms with E-state index in [0.717, 1.165) is 11.8 Å². The van der Waals surface area contributed by atoms with Gasteiger partial charge in [-0.3, -0.25) is 9.93 Å². The molecule has 0 bridgehead atoms. The Balaban J connectivity index is -0.000000108. The molecule has 0 amide bonds. The number of nitrogens with two attached hydrogens (primary N) is 1. The van der Waals surface area contributed by atoms with Crippen molar-refractivity contribution in [3.05, 3.63) is 69.7 Å². The largest absolute Gasteiger partial charge is 0.397 e. The Bertz CT molecular complexity index is 998. The van der Waals surface area contributed by atoms with E-state index in [2.05, 4.69) is 4.40 Å². The topological polar surface area (TPSA) is 171 Å². The summed E-state index contributed by atoms with van der Waals surface area (Å²) in [4.78, 5) is 10.1. The third kappa shape index (κ3) is 41.2. The van der Waals surface area contributed by atoms with Crippen molar-refractivity contribution in [1.29, 1.82) is 0 Å². The van der Waals surface area contributed by atoms with Gasteiger partial charge in [0.05, 0.1) is 25.5 Å². The molecule has 2 rings (SSSR count). The van der Waals surface area contributed by atoms with E-state index in [1.54, 1.807) is 64.2 Å². The van der Waals surface area contributed by atoms with Crippen molar-refractivity contribution in [2.45, 2.75) is 78.7 Å². The zero-order valence-corrected chi connectivity index (χ0v) is 32.4. The fourth-order valence-electron chi connectivity index (χ4n) is 1.41. The van der Waals surface area contributed by atoms with Crippen molar-refractivity contribution >= 4 is 57.7 Å². The van der Waals surface area contributed by atoms with E-state index in [1.165, 1.54) is 0 Å². The number of carbonyl (C=O) groups excluding carboxylic acids is 1. The van der Waals surface area contributed by atoms with Crippen molar-refractivity contribution in [2.75, 3.05) is 26.4 Å². The van der Waals surface area contributed by atoms with Crippen LogP contribution in [0.4, 0.5) is 0 Å². The molecule has 0 aliphatic carbocycles. The number of halogens is 2. The predicted octanol–water partition coefficient (Wildman–Crippen LogP) is 5.77. The molecule has 2 aromatic carbocycles. The number of hydrogen-bond acceptors (Lipinski definition) is 7. The van der Waals surface area contributed by atoms with Crippen LogP contribution in [0.1, 0.15) is 85.2 Å². The van der Waals surface area contributed by atoms with Gasteiger partial charge in [0.15, 0.2) is 6.29 Å². The first-order valence-electron chi connectivity index (χ1n) is 13.4. The van der Waals surface area contributed by atoms with Crippen LogP contribution in [-0.4, -0.2) is 77.3 Å². The third-order valence-corrected chi connectivity index (χ3v) is 6.59. The molecule has 44 heavy (non-hydrogen) atoms. The first-order chi connectivity index (χ1) is 19.9. The molecule has 0 aliphatic rings. The molecule has 9 nitrogen and oxygen atoms in total. The van der Waals surface area contributed by atoms with Gasteiger partial charge >= 0.3 is 0 Å². The average Bonchev–Trinajstić information content (AvgIpc) is 2.90. The first kappa shape index (κ1) is 55.6. The van der Waals surface area contributed by atoms with Crippen molar-refractivity contribution in [1.82, 2.24) is 0 Å². The number of rotatable bonds is 3. The quantitative estimate of drug-likeness (QED) is 0.151. The molecular weight excluding hydrogens is 683 g/mol. The van der Waals surface area contributed by atoms with E-state index < -0.39 is 22.0 Å². The Morgan fingerprint density at radius 1 is 0.705 bits per heavy atom. The minimum atomic E-state index is -1.24. The van der Waals surface area contributed by atoms with Crippen molar-refractivity contribution in [3.63, 3.8) is 0 Å². The molecule has 14 heteroatoms. The molecule has 0 saturated carbocycles. The Labute approximate surface area is 295 Å². The maximum absolute atomic E-state index is 11.6. The van der Waals surface area contributed by atoms with Crippen molar-refractivity contribution in [3.8, 4) is 0 Å². The molecule has 2 atom stereocenters. The molecule has 0 heterocycles. The maximum Gasteiger partial charge on any atom is 0.151 e. The first-order valence-corrected chi connectivity index (χ1v) is 16.4. The zero-order chi connectivity index (χ0) is 35.1. The molecule has 0 aliphatic heterocycles. The molecule has 2 aromatic rings. The Morgan fingerprint density at radius 2 is 0.977 bits per heavy atom. The summed E-state index contributed by atoms with van der Waals surface area (Å²) >= 11 is 11.5. The molecule has 6 N–H and O–H groups in total. The number of nitrogens with zero attached hydrogens (tertiary/aromatic N) is 1. The number of aliphatic hydroxyl groups excluding tert-OH is 4. The summed E-state index contributed by atoms with van der Waals surface area (Å²) in [7, 11) is -2.42. The van der Waals surface area contributed by atoms with Crippen LogP contribution in [0.15, 0.2) is 52.9 Å². The van der Waals surface area contributed by atoms with E-state index >= 15 is 0 Å². The van der Waals surface area contributed by atoms with Crippen LogP contribution in [0.2, 0.25) is 10.0 Å². The SMILES string of the molecule is CC(C)(C)S(N)=O.CC(C)(C)[S@](=O)N=Cc1ccccc1Cl.CCO.CCO.CCO.CCO.O=Cc1ccccc1Cl.[Ti]. The summed E-state index contributed by atoms with van der Waals surface area (Å²) in [5, 5.41) is 36.4. The summed E-state index contributed by atoms with van der Waals surface area (Å²) in [5.41, 5.74) is 1.33. The molecule has 0 fully saturated rings. The van der Waals surface area contributed by atoms with Crippen LogP contribution in [0.5, 0.6) is 0 Å². The van der Waals surface area contributed by atoms with Gasteiger partial charge in [-0.1, -0.05) is 59.6 Å². The van der Waals surface area contributed by atoms with Crippen LogP contribution < -0.4 is 5.14 Å². The third-order valence-electron chi connectivity index (χ3n) is 3.35. The van der Waals surface area contributed by atoms with Gasteiger partial charge in [0, 0.05) is 70.5 Å². The van der Waals surface area contributed by atoms with Gasteiger partial charge in [-0.15, -0.1) is 0 Å². The number of aldehydes is 1. The second-order valence-corrected chi connectivity index (χ2v) is 14.0. The Morgan fingerprint density at radius 3 is 1.18 bits per heavy atom. The van der Waals surface area contributed by atoms with E-state index in [1.807, 2.05) is 59.7 Å². The van der Waals surface area contributed by atoms with E-state index in [0.29, 0.717) is 15.6 Å². The predicted molar refractivity (Wildman–Crippen MR) is 187 cm³/mol. The van der Waals surface area contributed by atoms with Gasteiger partial charge < -0.3 is 20.4 Å². The number of benzene rings is 2. The average molecular weight is 738 g/mol. The van der Waals surface area contributed by atoms with E-state index in [9.17, 15) is 13.2 Å². The minimum absolute atomic E-state index is 0. The second-order valence-electron chi connectivity index (χ2n) is 9.43. The summed E-state index contributed by atoms with van der Waals surface area (Å²) in [6.45, 7) is 18.9. The fraction of sp³-hybridized carbons (Fsp3) is 0.533. The molecule has 0 saturated heterocycles. The van der Waals surface area contributed by atoms with Crippen LogP contribution in [-0.2, 0) is 43.7 Å². The molecule has 0 spiro atoms. The maximum atomic E-state index is 11.6. The monoisotopic (exact) mass is 736 g/mol. The van der Waals surface area contributed by atoms with Crippen LogP contribution in [0, 0.1) is 0 Å². The molecule has 256 valence electrons. The summed E-state index contributed by atoms with van der Waals surface area (Å²) < 4.78 is 25.4. The normalized spacial score (nSPS) is 11.0. The zero-order valence-electron chi connectivity index (χ0n) is 27.7. The van der Waals surface area contributed by atoms with E-state index in [4.69, 9.17) is 48.8 Å². The number of carbonyl (C=O) groups is 1. The van der Waals surface area contributed by atoms with Crippen LogP contribution in [0.25, 0.3) is 0 Å². The molecular formula is C30H54Cl2N2O7S2Ti. The van der Waals surface area contributed by atoms with Gasteiger partial charge in [-0.2, -0.15) is 4.40 Å². The second kappa shape index (κ2) is 36.6. The number of hydrogen-bond donors (Lipinski definition) is 5. The van der Waals surface area contributed by atoms with Gasteiger partial charge in [-0.05, 0) is 81.4 Å². The Kier molecular flexibility index (Phi) is 46.3. The molecule has 0 aromatic heterocycles. The smallest absolute Gasteiger partial charge is 0.151 e. The summed E-state index contributed by atoms with van der Waals surface area (Å²) in [5.74, 6) is 0. The van der Waals surface area contributed by atoms with Crippen LogP contribution >= 0.6 is 23.2 Å². The number of aliphatic hydroxyl groups is 4. The van der Waals surface area contributed by atoms with Crippen LogP contribution in [0.3, 0.4) is 0 Å². The van der Waals surface area contributed by atoms with Crippen molar-refractivity contribution < 1.29 is 55.4 Å². The van der Waals surface area contributed by atoms with Crippen molar-refractivity contribution in [2.24, 2.45) is 9.54 Å². The fourth-order valence-corrected chi connectivity index (χ4v) is 2.30. The minimum Gasteiger partial charge on any atom is -0.397 e. The van der Waals surface area contributed by atoms with Gasteiger partial charge in [-0.25, -0.2) is 8.42 Å². The van der Waals surface area contributed by atoms with Gasteiger partial charge in [0.2, 0.25) is 0 Å². The summed E-state index contributed by atoms with van der Waals surface area (Å²) in [6.07, 6.45) is 2.30. The van der Waals surface area contributed by atoms with Gasteiger partial charge in [0.1, 0.15) is 11.0 Å². The Hall–Kier alpha value is -0.826. The molecule has 1 unspecified atom stereocenters. The standard InChI is InChI=1S/C11H14ClNOS.C7H5ClO.C4H11NOS.4C2H6O.Ti/c1-11(2,3)15(14)13-8-9-6-4-5-7-10(9)12;8-7-4-2-1-3-6(7)5-9;1-4(2,3)7(5)6;4*1-2-3;/h4-8H,1-3H3;1-5H;5H2,1-3H3;4*3H,2H2,1H3;/t15-;;;;;;;/m0......./s1. The van der Waals surface area contributed by atoms with E-state index in [-0.39, 0.29) is 57.6 Å².